The molecule has 1 atom stereocenters. The molecule has 2 aromatic rings. The van der Waals surface area contributed by atoms with Gasteiger partial charge in [0.15, 0.2) is 5.76 Å². The first kappa shape index (κ1) is 16.8. The summed E-state index contributed by atoms with van der Waals surface area (Å²) in [6.45, 7) is 2.10. The maximum Gasteiger partial charge on any atom is 0.294 e. The highest BCUT2D eigenvalue weighted by molar-refractivity contribution is 7.90. The third-order valence-corrected chi connectivity index (χ3v) is 5.31. The van der Waals surface area contributed by atoms with Crippen LogP contribution in [0.3, 0.4) is 0 Å². The number of anilines is 1. The Kier molecular flexibility index (Phi) is 4.49. The second kappa shape index (κ2) is 6.43. The van der Waals surface area contributed by atoms with Crippen molar-refractivity contribution in [2.45, 2.75) is 43.7 Å². The van der Waals surface area contributed by atoms with E-state index in [1.165, 1.54) is 12.1 Å². The molecular weight excluding hydrogens is 326 g/mol. The number of nitrogens with zero attached hydrogens (tertiary/aromatic N) is 1. The third-order valence-electron chi connectivity index (χ3n) is 4.36. The van der Waals surface area contributed by atoms with Crippen LogP contribution in [-0.4, -0.2) is 26.6 Å². The summed E-state index contributed by atoms with van der Waals surface area (Å²) in [4.78, 5) is 14.8. The average molecular weight is 347 g/mol. The van der Waals surface area contributed by atoms with E-state index in [0.29, 0.717) is 0 Å². The lowest BCUT2D eigenvalue weighted by molar-refractivity contribution is 0.0939. The molecule has 128 valence electrons. The number of para-hydroxylation sites is 1. The van der Waals surface area contributed by atoms with Crippen LogP contribution in [0.4, 0.5) is 5.69 Å². The highest BCUT2D eigenvalue weighted by Crippen LogP contribution is 2.34. The predicted octanol–water partition coefficient (Wildman–Crippen LogP) is 3.44. The number of sulfone groups is 1. The molecule has 1 aliphatic rings. The summed E-state index contributed by atoms with van der Waals surface area (Å²) < 4.78 is 28.5. The molecule has 0 spiro atoms. The number of carbonyl (C=O) groups is 1. The van der Waals surface area contributed by atoms with Crippen LogP contribution in [0.2, 0.25) is 0 Å². The summed E-state index contributed by atoms with van der Waals surface area (Å²) >= 11 is 0. The molecule has 3 rings (SSSR count). The zero-order valence-electron chi connectivity index (χ0n) is 13.9. The van der Waals surface area contributed by atoms with E-state index >= 15 is 0 Å². The number of hydrogen-bond donors (Lipinski definition) is 0. The Labute approximate surface area is 142 Å². The molecular formula is C18H21NO4S. The number of rotatable bonds is 4. The lowest BCUT2D eigenvalue weighted by atomic mass is 9.93. The van der Waals surface area contributed by atoms with Gasteiger partial charge in [-0.2, -0.15) is 0 Å². The van der Waals surface area contributed by atoms with Gasteiger partial charge in [0.05, 0.1) is 0 Å². The SMILES string of the molecule is CCC[C@H]1CCc2ccccc2N1C(=O)c1ccc(S(C)(=O)=O)o1. The topological polar surface area (TPSA) is 67.6 Å². The van der Waals surface area contributed by atoms with Crippen LogP contribution < -0.4 is 4.90 Å². The quantitative estimate of drug-likeness (QED) is 0.849. The van der Waals surface area contributed by atoms with Crippen molar-refractivity contribution in [2.75, 3.05) is 11.2 Å². The first-order valence-electron chi connectivity index (χ1n) is 8.13. The van der Waals surface area contributed by atoms with E-state index in [-0.39, 0.29) is 22.8 Å². The van der Waals surface area contributed by atoms with Crippen molar-refractivity contribution < 1.29 is 17.6 Å². The number of aryl methyl sites for hydroxylation is 1. The van der Waals surface area contributed by atoms with Gasteiger partial charge >= 0.3 is 0 Å². The highest BCUT2D eigenvalue weighted by atomic mass is 32.2. The number of benzene rings is 1. The summed E-state index contributed by atoms with van der Waals surface area (Å²) in [5, 5.41) is -0.178. The Hall–Kier alpha value is -2.08. The van der Waals surface area contributed by atoms with Gasteiger partial charge in [0.25, 0.3) is 5.91 Å². The van der Waals surface area contributed by atoms with Gasteiger partial charge in [0.2, 0.25) is 14.9 Å². The van der Waals surface area contributed by atoms with Crippen molar-refractivity contribution >= 4 is 21.4 Å². The smallest absolute Gasteiger partial charge is 0.294 e. The van der Waals surface area contributed by atoms with E-state index < -0.39 is 9.84 Å². The van der Waals surface area contributed by atoms with Crippen LogP contribution in [0, 0.1) is 0 Å². The Morgan fingerprint density at radius 3 is 2.67 bits per heavy atom. The maximum absolute atomic E-state index is 13.0. The van der Waals surface area contributed by atoms with Crippen LogP contribution in [0.15, 0.2) is 45.9 Å². The minimum atomic E-state index is -3.47. The normalized spacial score (nSPS) is 17.6. The van der Waals surface area contributed by atoms with Crippen molar-refractivity contribution in [3.05, 3.63) is 47.7 Å². The molecule has 0 aliphatic carbocycles. The number of carbonyl (C=O) groups excluding carboxylic acids is 1. The minimum Gasteiger partial charge on any atom is -0.440 e. The number of amides is 1. The lowest BCUT2D eigenvalue weighted by Gasteiger charge is -2.36. The van der Waals surface area contributed by atoms with Crippen LogP contribution in [0.5, 0.6) is 0 Å². The summed E-state index contributed by atoms with van der Waals surface area (Å²) in [7, 11) is -3.47. The van der Waals surface area contributed by atoms with E-state index in [0.717, 1.165) is 43.2 Å². The lowest BCUT2D eigenvalue weighted by Crippen LogP contribution is -2.43. The molecule has 0 fully saturated rings. The Balaban J connectivity index is 2.00. The molecule has 1 aromatic heterocycles. The zero-order chi connectivity index (χ0) is 17.3. The van der Waals surface area contributed by atoms with Crippen LogP contribution in [-0.2, 0) is 16.3 Å². The maximum atomic E-state index is 13.0. The molecule has 5 nitrogen and oxygen atoms in total. The van der Waals surface area contributed by atoms with Crippen LogP contribution >= 0.6 is 0 Å². The number of fused-ring (bicyclic) bond motifs is 1. The largest absolute Gasteiger partial charge is 0.440 e. The Bertz CT molecular complexity index is 853. The molecule has 0 saturated heterocycles. The monoisotopic (exact) mass is 347 g/mol. The Morgan fingerprint density at radius 2 is 2.00 bits per heavy atom. The third kappa shape index (κ3) is 3.11. The molecule has 2 heterocycles. The second-order valence-electron chi connectivity index (χ2n) is 6.18. The molecule has 0 unspecified atom stereocenters. The summed E-state index contributed by atoms with van der Waals surface area (Å²) in [5.41, 5.74) is 2.03. The molecule has 0 N–H and O–H groups in total. The van der Waals surface area contributed by atoms with Crippen molar-refractivity contribution in [1.29, 1.82) is 0 Å². The van der Waals surface area contributed by atoms with Crippen molar-refractivity contribution in [2.24, 2.45) is 0 Å². The van der Waals surface area contributed by atoms with Gasteiger partial charge in [-0.3, -0.25) is 4.79 Å². The van der Waals surface area contributed by atoms with Crippen LogP contribution in [0.25, 0.3) is 0 Å². The first-order chi connectivity index (χ1) is 11.4. The fourth-order valence-corrected chi connectivity index (χ4v) is 3.80. The van der Waals surface area contributed by atoms with Gasteiger partial charge in [-0.05, 0) is 43.0 Å². The molecule has 1 aliphatic heterocycles. The van der Waals surface area contributed by atoms with Crippen molar-refractivity contribution in [3.63, 3.8) is 0 Å². The average Bonchev–Trinajstić information content (AvgIpc) is 3.04. The molecule has 1 aromatic carbocycles. The van der Waals surface area contributed by atoms with Gasteiger partial charge in [0.1, 0.15) is 0 Å². The molecule has 0 saturated carbocycles. The van der Waals surface area contributed by atoms with E-state index in [1.54, 1.807) is 4.90 Å². The number of hydrogen-bond acceptors (Lipinski definition) is 4. The zero-order valence-corrected chi connectivity index (χ0v) is 14.7. The van der Waals surface area contributed by atoms with E-state index in [4.69, 9.17) is 4.42 Å². The standard InChI is InChI=1S/C18H21NO4S/c1-3-6-14-10-9-13-7-4-5-8-15(13)19(14)18(20)16-11-12-17(23-16)24(2,21)22/h4-5,7-8,11-12,14H,3,6,9-10H2,1-2H3/t14-/m0/s1. The second-order valence-corrected chi connectivity index (χ2v) is 8.12. The molecule has 0 radical (unpaired) electrons. The fourth-order valence-electron chi connectivity index (χ4n) is 3.24. The van der Waals surface area contributed by atoms with E-state index in [2.05, 4.69) is 6.92 Å². The van der Waals surface area contributed by atoms with Crippen molar-refractivity contribution in [3.8, 4) is 0 Å². The molecule has 0 bridgehead atoms. The summed E-state index contributed by atoms with van der Waals surface area (Å²) in [6.07, 6.45) is 4.78. The van der Waals surface area contributed by atoms with Gasteiger partial charge in [-0.15, -0.1) is 0 Å². The van der Waals surface area contributed by atoms with Crippen LogP contribution in [0.1, 0.15) is 42.3 Å². The van der Waals surface area contributed by atoms with Gasteiger partial charge in [-0.25, -0.2) is 8.42 Å². The highest BCUT2D eigenvalue weighted by Gasteiger charge is 2.32. The van der Waals surface area contributed by atoms with Gasteiger partial charge < -0.3 is 9.32 Å². The van der Waals surface area contributed by atoms with E-state index in [9.17, 15) is 13.2 Å². The fraction of sp³-hybridized carbons (Fsp3) is 0.389. The predicted molar refractivity (Wildman–Crippen MR) is 92.1 cm³/mol. The number of furan rings is 1. The first-order valence-corrected chi connectivity index (χ1v) is 10.0. The van der Waals surface area contributed by atoms with Gasteiger partial charge in [-0.1, -0.05) is 31.5 Å². The summed E-state index contributed by atoms with van der Waals surface area (Å²) in [6, 6.07) is 10.7. The van der Waals surface area contributed by atoms with Gasteiger partial charge in [0, 0.05) is 18.0 Å². The molecule has 6 heteroatoms. The Morgan fingerprint density at radius 1 is 1.25 bits per heavy atom. The molecule has 24 heavy (non-hydrogen) atoms. The van der Waals surface area contributed by atoms with Crippen molar-refractivity contribution in [1.82, 2.24) is 0 Å². The minimum absolute atomic E-state index is 0.0632. The molecule has 1 amide bonds. The van der Waals surface area contributed by atoms with E-state index in [1.807, 2.05) is 24.3 Å². The summed E-state index contributed by atoms with van der Waals surface area (Å²) in [5.74, 6) is -0.219.